The van der Waals surface area contributed by atoms with E-state index in [2.05, 4.69) is 30.1 Å². The summed E-state index contributed by atoms with van der Waals surface area (Å²) in [5, 5.41) is 21.4. The molecule has 166 valence electrons. The lowest BCUT2D eigenvalue weighted by Gasteiger charge is -2.45. The van der Waals surface area contributed by atoms with Gasteiger partial charge in [-0.25, -0.2) is 0 Å². The quantitative estimate of drug-likeness (QED) is 0.606. The highest BCUT2D eigenvalue weighted by atomic mass is 16.4. The lowest BCUT2D eigenvalue weighted by molar-refractivity contribution is -0.138. The van der Waals surface area contributed by atoms with E-state index in [1.807, 2.05) is 42.5 Å². The summed E-state index contributed by atoms with van der Waals surface area (Å²) in [4.78, 5) is 26.0. The summed E-state index contributed by atoms with van der Waals surface area (Å²) in [7, 11) is 0. The third-order valence-corrected chi connectivity index (χ3v) is 6.66. The number of nitrogens with zero attached hydrogens (tertiary/aromatic N) is 1. The molecule has 1 amide bonds. The highest BCUT2D eigenvalue weighted by Gasteiger charge is 2.39. The predicted molar refractivity (Wildman–Crippen MR) is 120 cm³/mol. The molecule has 2 aromatic carbocycles. The molecule has 31 heavy (non-hydrogen) atoms. The molecule has 0 aliphatic carbocycles. The van der Waals surface area contributed by atoms with Gasteiger partial charge >= 0.3 is 5.97 Å². The summed E-state index contributed by atoms with van der Waals surface area (Å²) in [5.41, 5.74) is 2.16. The van der Waals surface area contributed by atoms with E-state index in [1.165, 1.54) is 0 Å². The first-order valence-electron chi connectivity index (χ1n) is 10.8. The molecule has 1 aliphatic heterocycles. The maximum Gasteiger partial charge on any atom is 0.322 e. The Balaban J connectivity index is 1.69. The largest absolute Gasteiger partial charge is 0.508 e. The topological polar surface area (TPSA) is 89.9 Å². The Morgan fingerprint density at radius 2 is 1.94 bits per heavy atom. The second-order valence-electron chi connectivity index (χ2n) is 8.88. The zero-order valence-corrected chi connectivity index (χ0v) is 18.3. The Labute approximate surface area is 183 Å². The molecule has 6 nitrogen and oxygen atoms in total. The van der Waals surface area contributed by atoms with Crippen molar-refractivity contribution in [1.82, 2.24) is 10.2 Å². The van der Waals surface area contributed by atoms with E-state index >= 15 is 0 Å². The van der Waals surface area contributed by atoms with E-state index in [1.54, 1.807) is 6.07 Å². The molecule has 3 N–H and O–H groups in total. The molecule has 0 radical (unpaired) electrons. The number of aliphatic carboxylic acids is 1. The molecule has 0 saturated carbocycles. The zero-order valence-electron chi connectivity index (χ0n) is 18.3. The number of hydrogen-bond donors (Lipinski definition) is 3. The highest BCUT2D eigenvalue weighted by molar-refractivity contribution is 5.83. The standard InChI is InChI=1S/C25H32N2O4/c1-18-16-27(12-11-25(18,2)21-9-6-10-22(28)14-21)17-20(24(31)26-15-23(29)30)13-19-7-4-3-5-8-19/h3-10,14,18,20,28H,11-13,15-17H2,1-2H3,(H,26,31)(H,29,30)/t18-,20-,25?/m0/s1. The number of likely N-dealkylation sites (tertiary alicyclic amines) is 1. The van der Waals surface area contributed by atoms with Gasteiger partial charge < -0.3 is 20.4 Å². The van der Waals surface area contributed by atoms with Crippen molar-refractivity contribution in [3.05, 3.63) is 65.7 Å². The van der Waals surface area contributed by atoms with E-state index in [0.717, 1.165) is 30.6 Å². The van der Waals surface area contributed by atoms with Crippen LogP contribution in [0.4, 0.5) is 0 Å². The first-order chi connectivity index (χ1) is 14.8. The molecule has 3 atom stereocenters. The third-order valence-electron chi connectivity index (χ3n) is 6.66. The summed E-state index contributed by atoms with van der Waals surface area (Å²) in [6, 6.07) is 17.3. The van der Waals surface area contributed by atoms with Gasteiger partial charge in [0.25, 0.3) is 0 Å². The zero-order chi connectivity index (χ0) is 22.4. The van der Waals surface area contributed by atoms with Gasteiger partial charge in [-0.3, -0.25) is 9.59 Å². The highest BCUT2D eigenvalue weighted by Crippen LogP contribution is 2.40. The molecule has 3 rings (SSSR count). The van der Waals surface area contributed by atoms with Crippen LogP contribution in [0.2, 0.25) is 0 Å². The fourth-order valence-electron chi connectivity index (χ4n) is 4.53. The number of carboxylic acid groups (broad SMARTS) is 1. The normalized spacial score (nSPS) is 22.6. The number of phenolic OH excluding ortho intramolecular Hbond substituents is 1. The predicted octanol–water partition coefficient (Wildman–Crippen LogP) is 3.05. The van der Waals surface area contributed by atoms with Crippen molar-refractivity contribution in [2.75, 3.05) is 26.2 Å². The van der Waals surface area contributed by atoms with Crippen LogP contribution >= 0.6 is 0 Å². The molecule has 1 aliphatic rings. The van der Waals surface area contributed by atoms with Crippen molar-refractivity contribution in [3.8, 4) is 5.75 Å². The van der Waals surface area contributed by atoms with Gasteiger partial charge in [0.1, 0.15) is 12.3 Å². The SMILES string of the molecule is C[C@H]1CN(C[C@H](Cc2ccccc2)C(=O)NCC(=O)O)CCC1(C)c1cccc(O)c1. The average Bonchev–Trinajstić information content (AvgIpc) is 2.75. The summed E-state index contributed by atoms with van der Waals surface area (Å²) in [6.45, 7) is 6.35. The van der Waals surface area contributed by atoms with Gasteiger partial charge in [-0.1, -0.05) is 56.3 Å². The van der Waals surface area contributed by atoms with E-state index in [9.17, 15) is 14.7 Å². The number of carbonyl (C=O) groups is 2. The Morgan fingerprint density at radius 3 is 2.58 bits per heavy atom. The second kappa shape index (κ2) is 9.96. The minimum absolute atomic E-state index is 0.0459. The van der Waals surface area contributed by atoms with Crippen molar-refractivity contribution >= 4 is 11.9 Å². The number of hydrogen-bond acceptors (Lipinski definition) is 4. The van der Waals surface area contributed by atoms with Crippen LogP contribution in [0.25, 0.3) is 0 Å². The number of benzene rings is 2. The van der Waals surface area contributed by atoms with Crippen LogP contribution in [0.1, 0.15) is 31.4 Å². The summed E-state index contributed by atoms with van der Waals surface area (Å²) < 4.78 is 0. The van der Waals surface area contributed by atoms with Crippen molar-refractivity contribution in [1.29, 1.82) is 0 Å². The molecule has 1 heterocycles. The number of carbonyl (C=O) groups excluding carboxylic acids is 1. The first kappa shape index (κ1) is 22.8. The van der Waals surface area contributed by atoms with E-state index in [-0.39, 0.29) is 29.5 Å². The van der Waals surface area contributed by atoms with E-state index in [4.69, 9.17) is 5.11 Å². The van der Waals surface area contributed by atoms with Crippen LogP contribution in [0, 0.1) is 11.8 Å². The molecule has 1 fully saturated rings. The third kappa shape index (κ3) is 5.85. The van der Waals surface area contributed by atoms with Crippen molar-refractivity contribution in [2.24, 2.45) is 11.8 Å². The lowest BCUT2D eigenvalue weighted by Crippen LogP contribution is -2.50. The van der Waals surface area contributed by atoms with Gasteiger partial charge in [0.15, 0.2) is 0 Å². The van der Waals surface area contributed by atoms with Crippen LogP contribution in [0.3, 0.4) is 0 Å². The van der Waals surface area contributed by atoms with Gasteiger partial charge in [-0.15, -0.1) is 0 Å². The van der Waals surface area contributed by atoms with Crippen LogP contribution in [-0.2, 0) is 21.4 Å². The molecule has 0 bridgehead atoms. The number of rotatable bonds is 8. The number of aromatic hydroxyl groups is 1. The maximum atomic E-state index is 12.8. The van der Waals surface area contributed by atoms with Crippen molar-refractivity contribution < 1.29 is 19.8 Å². The summed E-state index contributed by atoms with van der Waals surface area (Å²) in [5.74, 6) is -0.964. The van der Waals surface area contributed by atoms with Gasteiger partial charge in [-0.05, 0) is 54.0 Å². The molecular weight excluding hydrogens is 392 g/mol. The number of piperidine rings is 1. The monoisotopic (exact) mass is 424 g/mol. The van der Waals surface area contributed by atoms with Gasteiger partial charge in [0, 0.05) is 13.1 Å². The van der Waals surface area contributed by atoms with Gasteiger partial charge in [0.2, 0.25) is 5.91 Å². The fraction of sp³-hybridized carbons (Fsp3) is 0.440. The van der Waals surface area contributed by atoms with Crippen molar-refractivity contribution in [3.63, 3.8) is 0 Å². The molecule has 1 saturated heterocycles. The molecule has 2 aromatic rings. The fourth-order valence-corrected chi connectivity index (χ4v) is 4.53. The Kier molecular flexibility index (Phi) is 7.33. The van der Waals surface area contributed by atoms with Crippen LogP contribution < -0.4 is 5.32 Å². The maximum absolute atomic E-state index is 12.8. The molecule has 0 spiro atoms. The average molecular weight is 425 g/mol. The molecule has 6 heteroatoms. The Morgan fingerprint density at radius 1 is 1.19 bits per heavy atom. The first-order valence-corrected chi connectivity index (χ1v) is 10.8. The molecule has 1 unspecified atom stereocenters. The van der Waals surface area contributed by atoms with Crippen LogP contribution in [0.5, 0.6) is 5.75 Å². The minimum Gasteiger partial charge on any atom is -0.508 e. The Bertz CT molecular complexity index is 901. The number of phenols is 1. The number of amides is 1. The summed E-state index contributed by atoms with van der Waals surface area (Å²) >= 11 is 0. The van der Waals surface area contributed by atoms with E-state index < -0.39 is 5.97 Å². The summed E-state index contributed by atoms with van der Waals surface area (Å²) in [6.07, 6.45) is 1.49. The lowest BCUT2D eigenvalue weighted by atomic mass is 9.68. The van der Waals surface area contributed by atoms with Gasteiger partial charge in [0.05, 0.1) is 5.92 Å². The van der Waals surface area contributed by atoms with Crippen LogP contribution in [-0.4, -0.2) is 53.2 Å². The Hall–Kier alpha value is -2.86. The van der Waals surface area contributed by atoms with Crippen LogP contribution in [0.15, 0.2) is 54.6 Å². The van der Waals surface area contributed by atoms with Crippen molar-refractivity contribution in [2.45, 2.75) is 32.1 Å². The van der Waals surface area contributed by atoms with E-state index in [0.29, 0.717) is 18.9 Å². The number of carboxylic acids is 1. The minimum atomic E-state index is -1.04. The number of nitrogens with one attached hydrogen (secondary N) is 1. The molecule has 0 aromatic heterocycles. The smallest absolute Gasteiger partial charge is 0.322 e. The molecular formula is C25H32N2O4. The second-order valence-corrected chi connectivity index (χ2v) is 8.88. The van der Waals surface area contributed by atoms with Gasteiger partial charge in [-0.2, -0.15) is 0 Å².